The molecule has 1 aliphatic heterocycles. The van der Waals surface area contributed by atoms with Crippen LogP contribution in [0.5, 0.6) is 0 Å². The van der Waals surface area contributed by atoms with Crippen molar-refractivity contribution in [2.24, 2.45) is 0 Å². The van der Waals surface area contributed by atoms with Gasteiger partial charge in [-0.3, -0.25) is 5.10 Å². The van der Waals surface area contributed by atoms with Crippen LogP contribution in [0.4, 0.5) is 0 Å². The molecule has 2 heterocycles. The number of hydrogen-bond acceptors (Lipinski definition) is 4. The number of nitrogens with one attached hydrogen (secondary N) is 1. The van der Waals surface area contributed by atoms with Gasteiger partial charge < -0.3 is 0 Å². The van der Waals surface area contributed by atoms with E-state index < -0.39 is 10.0 Å². The molecule has 0 spiro atoms. The topological polar surface area (TPSA) is 66.1 Å². The zero-order chi connectivity index (χ0) is 11.8. The van der Waals surface area contributed by atoms with E-state index in [2.05, 4.69) is 17.1 Å². The van der Waals surface area contributed by atoms with Crippen molar-refractivity contribution in [3.8, 4) is 0 Å². The second-order valence-electron chi connectivity index (χ2n) is 3.90. The number of thioether (sulfide) groups is 1. The highest BCUT2D eigenvalue weighted by Gasteiger charge is 2.30. The molecule has 1 atom stereocenters. The molecule has 16 heavy (non-hydrogen) atoms. The molecule has 5 nitrogen and oxygen atoms in total. The first kappa shape index (κ1) is 11.9. The molecule has 0 radical (unpaired) electrons. The second kappa shape index (κ2) is 4.38. The van der Waals surface area contributed by atoms with Crippen molar-refractivity contribution in [2.45, 2.75) is 24.0 Å². The Morgan fingerprint density at radius 1 is 1.62 bits per heavy atom. The summed E-state index contributed by atoms with van der Waals surface area (Å²) in [6, 6.07) is 0. The van der Waals surface area contributed by atoms with Crippen molar-refractivity contribution in [2.75, 3.05) is 18.8 Å². The van der Waals surface area contributed by atoms with E-state index >= 15 is 0 Å². The minimum absolute atomic E-state index is 0.298. The maximum atomic E-state index is 12.3. The maximum absolute atomic E-state index is 12.3. The van der Waals surface area contributed by atoms with E-state index in [1.165, 1.54) is 6.20 Å². The van der Waals surface area contributed by atoms with Crippen LogP contribution in [0.3, 0.4) is 0 Å². The summed E-state index contributed by atoms with van der Waals surface area (Å²) in [4.78, 5) is 0.298. The lowest BCUT2D eigenvalue weighted by atomic mass is 10.4. The van der Waals surface area contributed by atoms with Crippen LogP contribution in [0.2, 0.25) is 0 Å². The number of hydrogen-bond donors (Lipinski definition) is 1. The number of aromatic nitrogens is 2. The molecule has 90 valence electrons. The Kier molecular flexibility index (Phi) is 3.27. The molecule has 1 aliphatic rings. The summed E-state index contributed by atoms with van der Waals surface area (Å²) < 4.78 is 26.1. The van der Waals surface area contributed by atoms with Crippen LogP contribution < -0.4 is 0 Å². The Labute approximate surface area is 99.7 Å². The largest absolute Gasteiger partial charge is 0.281 e. The highest BCUT2D eigenvalue weighted by Crippen LogP contribution is 2.24. The normalized spacial score (nSPS) is 23.5. The minimum Gasteiger partial charge on any atom is -0.281 e. The van der Waals surface area contributed by atoms with E-state index in [0.717, 1.165) is 5.75 Å². The lowest BCUT2D eigenvalue weighted by molar-refractivity contribution is 0.424. The van der Waals surface area contributed by atoms with Gasteiger partial charge in [0, 0.05) is 24.1 Å². The van der Waals surface area contributed by atoms with E-state index in [0.29, 0.717) is 28.9 Å². The fourth-order valence-electron chi connectivity index (χ4n) is 1.74. The lowest BCUT2D eigenvalue weighted by Crippen LogP contribution is -2.41. The van der Waals surface area contributed by atoms with Crippen LogP contribution in [0.25, 0.3) is 0 Å². The summed E-state index contributed by atoms with van der Waals surface area (Å²) in [5.41, 5.74) is 0.603. The molecule has 0 amide bonds. The molecule has 0 bridgehead atoms. The molecule has 0 aliphatic carbocycles. The van der Waals surface area contributed by atoms with E-state index in [4.69, 9.17) is 0 Å². The van der Waals surface area contributed by atoms with E-state index in [1.54, 1.807) is 11.2 Å². The summed E-state index contributed by atoms with van der Waals surface area (Å²) in [6.07, 6.45) is 1.39. The van der Waals surface area contributed by atoms with Gasteiger partial charge in [0.25, 0.3) is 0 Å². The third-order valence-electron chi connectivity index (χ3n) is 2.61. The van der Waals surface area contributed by atoms with Crippen LogP contribution in [-0.2, 0) is 10.0 Å². The Morgan fingerprint density at radius 2 is 2.38 bits per heavy atom. The third-order valence-corrected chi connectivity index (χ3v) is 5.72. The first-order valence-corrected chi connectivity index (χ1v) is 7.62. The molecule has 2 rings (SSSR count). The number of nitrogens with zero attached hydrogens (tertiary/aromatic N) is 2. The highest BCUT2D eigenvalue weighted by molar-refractivity contribution is 8.00. The van der Waals surface area contributed by atoms with Crippen molar-refractivity contribution in [3.05, 3.63) is 11.9 Å². The highest BCUT2D eigenvalue weighted by atomic mass is 32.2. The SMILES string of the molecule is Cc1[nH]ncc1S(=O)(=O)N1CCSC(C)C1. The molecule has 0 aromatic carbocycles. The molecule has 1 N–H and O–H groups in total. The van der Waals surface area contributed by atoms with Gasteiger partial charge in [0.1, 0.15) is 4.90 Å². The summed E-state index contributed by atoms with van der Waals surface area (Å²) in [6.45, 7) is 4.94. The van der Waals surface area contributed by atoms with Crippen molar-refractivity contribution < 1.29 is 8.42 Å². The maximum Gasteiger partial charge on any atom is 0.246 e. The average molecular weight is 261 g/mol. The van der Waals surface area contributed by atoms with Gasteiger partial charge in [-0.05, 0) is 6.92 Å². The third kappa shape index (κ3) is 2.11. The van der Waals surface area contributed by atoms with Gasteiger partial charge in [-0.25, -0.2) is 8.42 Å². The Balaban J connectivity index is 2.29. The minimum atomic E-state index is -3.36. The second-order valence-corrected chi connectivity index (χ2v) is 7.36. The summed E-state index contributed by atoms with van der Waals surface area (Å²) in [7, 11) is -3.36. The smallest absolute Gasteiger partial charge is 0.246 e. The van der Waals surface area contributed by atoms with Crippen LogP contribution in [0.15, 0.2) is 11.1 Å². The van der Waals surface area contributed by atoms with Crippen LogP contribution in [0.1, 0.15) is 12.6 Å². The first-order valence-electron chi connectivity index (χ1n) is 5.13. The molecular formula is C9H15N3O2S2. The average Bonchev–Trinajstić information content (AvgIpc) is 2.65. The van der Waals surface area contributed by atoms with Crippen LogP contribution in [-0.4, -0.2) is 47.0 Å². The number of rotatable bonds is 2. The summed E-state index contributed by atoms with van der Waals surface area (Å²) in [5.74, 6) is 0.858. The molecular weight excluding hydrogens is 246 g/mol. The Morgan fingerprint density at radius 3 is 2.94 bits per heavy atom. The van der Waals surface area contributed by atoms with Crippen molar-refractivity contribution in [1.29, 1.82) is 0 Å². The van der Waals surface area contributed by atoms with Crippen molar-refractivity contribution in [3.63, 3.8) is 0 Å². The standard InChI is InChI=1S/C9H15N3O2S2/c1-7-6-12(3-4-15-7)16(13,14)9-5-10-11-8(9)2/h5,7H,3-4,6H2,1-2H3,(H,10,11). The van der Waals surface area contributed by atoms with Gasteiger partial charge >= 0.3 is 0 Å². The molecule has 1 fully saturated rings. The van der Waals surface area contributed by atoms with Crippen LogP contribution in [0, 0.1) is 6.92 Å². The predicted molar refractivity (Wildman–Crippen MR) is 64.0 cm³/mol. The number of aryl methyl sites for hydroxylation is 1. The quantitative estimate of drug-likeness (QED) is 0.857. The van der Waals surface area contributed by atoms with Gasteiger partial charge in [-0.2, -0.15) is 21.2 Å². The first-order chi connectivity index (χ1) is 7.51. The van der Waals surface area contributed by atoms with Gasteiger partial charge in [0.05, 0.1) is 11.9 Å². The Bertz CT molecular complexity index is 469. The summed E-state index contributed by atoms with van der Waals surface area (Å²) >= 11 is 1.81. The van der Waals surface area contributed by atoms with E-state index in [-0.39, 0.29) is 0 Å². The molecule has 1 unspecified atom stereocenters. The van der Waals surface area contributed by atoms with Gasteiger partial charge in [0.15, 0.2) is 0 Å². The molecule has 7 heteroatoms. The Hall–Kier alpha value is -0.530. The van der Waals surface area contributed by atoms with Gasteiger partial charge in [0.2, 0.25) is 10.0 Å². The van der Waals surface area contributed by atoms with Gasteiger partial charge in [-0.1, -0.05) is 6.92 Å². The van der Waals surface area contributed by atoms with Crippen LogP contribution >= 0.6 is 11.8 Å². The number of sulfonamides is 1. The number of aromatic amines is 1. The zero-order valence-electron chi connectivity index (χ0n) is 9.30. The molecule has 1 saturated heterocycles. The molecule has 1 aromatic rings. The monoisotopic (exact) mass is 261 g/mol. The molecule has 1 aromatic heterocycles. The van der Waals surface area contributed by atoms with Crippen molar-refractivity contribution in [1.82, 2.24) is 14.5 Å². The van der Waals surface area contributed by atoms with Gasteiger partial charge in [-0.15, -0.1) is 0 Å². The van der Waals surface area contributed by atoms with Crippen molar-refractivity contribution >= 4 is 21.8 Å². The zero-order valence-corrected chi connectivity index (χ0v) is 10.9. The van der Waals surface area contributed by atoms with E-state index in [1.807, 2.05) is 11.8 Å². The fourth-order valence-corrected chi connectivity index (χ4v) is 4.62. The van der Waals surface area contributed by atoms with E-state index in [9.17, 15) is 8.42 Å². The molecule has 0 saturated carbocycles. The predicted octanol–water partition coefficient (Wildman–Crippen LogP) is 0.844. The lowest BCUT2D eigenvalue weighted by Gasteiger charge is -2.29. The number of H-pyrrole nitrogens is 1. The summed E-state index contributed by atoms with van der Waals surface area (Å²) in [5, 5.41) is 6.79. The fraction of sp³-hybridized carbons (Fsp3) is 0.667.